The molecule has 0 amide bonds. The highest BCUT2D eigenvalue weighted by molar-refractivity contribution is 6.06. The zero-order chi connectivity index (χ0) is 21.7. The SMILES string of the molecule is CCOC(=O)c1cnc2ccc(OCC)cc2c1Nc1cc([N+](=O)[O-])ccc1OC. The van der Waals surface area contributed by atoms with Crippen molar-refractivity contribution in [3.8, 4) is 11.5 Å². The fourth-order valence-electron chi connectivity index (χ4n) is 2.97. The largest absolute Gasteiger partial charge is 0.495 e. The number of hydrogen-bond acceptors (Lipinski definition) is 8. The predicted molar refractivity (Wildman–Crippen MR) is 112 cm³/mol. The van der Waals surface area contributed by atoms with E-state index >= 15 is 0 Å². The fraction of sp³-hybridized carbons (Fsp3) is 0.238. The van der Waals surface area contributed by atoms with Crippen molar-refractivity contribution >= 4 is 33.9 Å². The summed E-state index contributed by atoms with van der Waals surface area (Å²) >= 11 is 0. The highest BCUT2D eigenvalue weighted by atomic mass is 16.6. The third kappa shape index (κ3) is 4.24. The Morgan fingerprint density at radius 1 is 1.17 bits per heavy atom. The van der Waals surface area contributed by atoms with Gasteiger partial charge in [-0.15, -0.1) is 0 Å². The van der Waals surface area contributed by atoms with E-state index in [0.29, 0.717) is 40.4 Å². The molecular formula is C21H21N3O6. The number of carbonyl (C=O) groups is 1. The molecule has 0 saturated heterocycles. The summed E-state index contributed by atoms with van der Waals surface area (Å²) in [6, 6.07) is 9.46. The summed E-state index contributed by atoms with van der Waals surface area (Å²) in [7, 11) is 1.45. The van der Waals surface area contributed by atoms with Gasteiger partial charge in [0.05, 0.1) is 42.1 Å². The number of fused-ring (bicyclic) bond motifs is 1. The van der Waals surface area contributed by atoms with Crippen LogP contribution in [0.3, 0.4) is 0 Å². The molecule has 1 N–H and O–H groups in total. The molecule has 1 aromatic heterocycles. The minimum atomic E-state index is -0.569. The summed E-state index contributed by atoms with van der Waals surface area (Å²) in [5.41, 5.74) is 1.39. The molecule has 3 aromatic rings. The number of anilines is 2. The average Bonchev–Trinajstić information content (AvgIpc) is 2.74. The summed E-state index contributed by atoms with van der Waals surface area (Å²) in [5, 5.41) is 14.9. The van der Waals surface area contributed by atoms with Gasteiger partial charge in [-0.3, -0.25) is 15.1 Å². The molecule has 0 atom stereocenters. The third-order valence-electron chi connectivity index (χ3n) is 4.30. The first-order valence-electron chi connectivity index (χ1n) is 9.30. The second kappa shape index (κ2) is 9.08. The summed E-state index contributed by atoms with van der Waals surface area (Å²) in [6.45, 7) is 4.23. The summed E-state index contributed by atoms with van der Waals surface area (Å²) in [4.78, 5) is 27.6. The molecule has 156 valence electrons. The number of hydrogen-bond donors (Lipinski definition) is 1. The van der Waals surface area contributed by atoms with Gasteiger partial charge < -0.3 is 19.5 Å². The molecule has 9 heteroatoms. The molecule has 0 fully saturated rings. The number of pyridine rings is 1. The molecule has 0 unspecified atom stereocenters. The number of nitro groups is 1. The van der Waals surface area contributed by atoms with Gasteiger partial charge in [0.1, 0.15) is 17.1 Å². The van der Waals surface area contributed by atoms with Gasteiger partial charge in [-0.25, -0.2) is 4.79 Å². The number of benzene rings is 2. The van der Waals surface area contributed by atoms with Gasteiger partial charge in [0.15, 0.2) is 0 Å². The van der Waals surface area contributed by atoms with Gasteiger partial charge in [-0.1, -0.05) is 0 Å². The zero-order valence-electron chi connectivity index (χ0n) is 16.8. The number of methoxy groups -OCH3 is 1. The van der Waals surface area contributed by atoms with Gasteiger partial charge in [0, 0.05) is 23.7 Å². The minimum Gasteiger partial charge on any atom is -0.495 e. The second-order valence-electron chi connectivity index (χ2n) is 6.15. The van der Waals surface area contributed by atoms with Crippen LogP contribution in [0.1, 0.15) is 24.2 Å². The smallest absolute Gasteiger partial charge is 0.341 e. The van der Waals surface area contributed by atoms with E-state index in [1.165, 1.54) is 31.5 Å². The van der Waals surface area contributed by atoms with E-state index in [-0.39, 0.29) is 17.9 Å². The van der Waals surface area contributed by atoms with E-state index in [0.717, 1.165) is 0 Å². The first-order chi connectivity index (χ1) is 14.5. The summed E-state index contributed by atoms with van der Waals surface area (Å²) < 4.78 is 16.1. The van der Waals surface area contributed by atoms with Crippen molar-refractivity contribution in [2.75, 3.05) is 25.6 Å². The number of aromatic nitrogens is 1. The van der Waals surface area contributed by atoms with Crippen molar-refractivity contribution in [2.45, 2.75) is 13.8 Å². The van der Waals surface area contributed by atoms with Crippen molar-refractivity contribution in [1.82, 2.24) is 4.98 Å². The quantitative estimate of drug-likeness (QED) is 0.328. The van der Waals surface area contributed by atoms with E-state index in [4.69, 9.17) is 14.2 Å². The van der Waals surface area contributed by atoms with Crippen molar-refractivity contribution in [1.29, 1.82) is 0 Å². The maximum absolute atomic E-state index is 12.6. The molecule has 30 heavy (non-hydrogen) atoms. The lowest BCUT2D eigenvalue weighted by Crippen LogP contribution is -2.10. The van der Waals surface area contributed by atoms with Gasteiger partial charge in [-0.05, 0) is 38.1 Å². The van der Waals surface area contributed by atoms with Crippen molar-refractivity contribution in [3.05, 3.63) is 58.3 Å². The number of ether oxygens (including phenoxy) is 3. The van der Waals surface area contributed by atoms with E-state index in [2.05, 4.69) is 10.3 Å². The average molecular weight is 411 g/mol. The first-order valence-corrected chi connectivity index (χ1v) is 9.30. The lowest BCUT2D eigenvalue weighted by Gasteiger charge is -2.16. The summed E-state index contributed by atoms with van der Waals surface area (Å²) in [6.07, 6.45) is 1.41. The molecule has 0 aliphatic rings. The number of nitro benzene ring substituents is 1. The minimum absolute atomic E-state index is 0.121. The van der Waals surface area contributed by atoms with Crippen LogP contribution >= 0.6 is 0 Å². The number of nitrogens with zero attached hydrogens (tertiary/aromatic N) is 2. The van der Waals surface area contributed by atoms with Crippen molar-refractivity contribution < 1.29 is 23.9 Å². The normalized spacial score (nSPS) is 10.5. The molecule has 1 heterocycles. The maximum Gasteiger partial charge on any atom is 0.341 e. The molecular weight excluding hydrogens is 390 g/mol. The monoisotopic (exact) mass is 411 g/mol. The van der Waals surface area contributed by atoms with E-state index in [1.54, 1.807) is 25.1 Å². The Balaban J connectivity index is 2.22. The molecule has 0 aliphatic heterocycles. The first kappa shape index (κ1) is 20.8. The van der Waals surface area contributed by atoms with E-state index in [1.807, 2.05) is 6.92 Å². The number of carbonyl (C=O) groups excluding carboxylic acids is 1. The number of rotatable bonds is 8. The second-order valence-corrected chi connectivity index (χ2v) is 6.15. The Morgan fingerprint density at radius 3 is 2.63 bits per heavy atom. The van der Waals surface area contributed by atoms with Crippen LogP contribution in [0.25, 0.3) is 10.9 Å². The van der Waals surface area contributed by atoms with Crippen LogP contribution < -0.4 is 14.8 Å². The zero-order valence-corrected chi connectivity index (χ0v) is 16.8. The van der Waals surface area contributed by atoms with Crippen molar-refractivity contribution in [3.63, 3.8) is 0 Å². The van der Waals surface area contributed by atoms with Gasteiger partial charge in [-0.2, -0.15) is 0 Å². The van der Waals surface area contributed by atoms with E-state index < -0.39 is 10.9 Å². The lowest BCUT2D eigenvalue weighted by molar-refractivity contribution is -0.384. The molecule has 2 aromatic carbocycles. The Kier molecular flexibility index (Phi) is 6.31. The lowest BCUT2D eigenvalue weighted by atomic mass is 10.1. The number of non-ortho nitro benzene ring substituents is 1. The van der Waals surface area contributed by atoms with Crippen LogP contribution in [-0.2, 0) is 4.74 Å². The van der Waals surface area contributed by atoms with Crippen LogP contribution in [-0.4, -0.2) is 36.2 Å². The molecule has 0 radical (unpaired) electrons. The Labute approximate surface area is 172 Å². The van der Waals surface area contributed by atoms with Crippen LogP contribution in [0.15, 0.2) is 42.6 Å². The highest BCUT2D eigenvalue weighted by Crippen LogP contribution is 2.36. The highest BCUT2D eigenvalue weighted by Gasteiger charge is 2.20. The van der Waals surface area contributed by atoms with Crippen LogP contribution in [0.4, 0.5) is 17.1 Å². The van der Waals surface area contributed by atoms with Crippen LogP contribution in [0.5, 0.6) is 11.5 Å². The Morgan fingerprint density at radius 2 is 1.97 bits per heavy atom. The molecule has 0 aliphatic carbocycles. The van der Waals surface area contributed by atoms with Crippen LogP contribution in [0.2, 0.25) is 0 Å². The molecule has 0 bridgehead atoms. The van der Waals surface area contributed by atoms with Crippen molar-refractivity contribution in [2.24, 2.45) is 0 Å². The van der Waals surface area contributed by atoms with Gasteiger partial charge in [0.25, 0.3) is 5.69 Å². The van der Waals surface area contributed by atoms with Crippen LogP contribution in [0, 0.1) is 10.1 Å². The maximum atomic E-state index is 12.6. The Bertz CT molecular complexity index is 1100. The molecule has 3 rings (SSSR count). The predicted octanol–water partition coefficient (Wildman–Crippen LogP) is 4.47. The number of nitrogens with one attached hydrogen (secondary N) is 1. The fourth-order valence-corrected chi connectivity index (χ4v) is 2.97. The Hall–Kier alpha value is -3.88. The molecule has 0 saturated carbocycles. The van der Waals surface area contributed by atoms with Gasteiger partial charge >= 0.3 is 5.97 Å². The number of esters is 1. The third-order valence-corrected chi connectivity index (χ3v) is 4.30. The molecule has 0 spiro atoms. The standard InChI is InChI=1S/C21H21N3O6/c1-4-29-14-7-8-17-15(11-14)20(16(12-22-17)21(25)30-5-2)23-18-10-13(24(26)27)6-9-19(18)28-3/h6-12H,4-5H2,1-3H3,(H,22,23). The van der Waals surface area contributed by atoms with Gasteiger partial charge in [0.2, 0.25) is 0 Å². The molecule has 9 nitrogen and oxygen atoms in total. The topological polar surface area (TPSA) is 113 Å². The summed E-state index contributed by atoms with van der Waals surface area (Å²) in [5.74, 6) is 0.406. The van der Waals surface area contributed by atoms with E-state index in [9.17, 15) is 14.9 Å².